The Balaban J connectivity index is 0.000000402. The third kappa shape index (κ3) is 9.27. The van der Waals surface area contributed by atoms with Gasteiger partial charge in [-0.25, -0.2) is 0 Å². The Morgan fingerprint density at radius 3 is 1.64 bits per heavy atom. The van der Waals surface area contributed by atoms with Crippen molar-refractivity contribution in [3.8, 4) is 33.4 Å². The summed E-state index contributed by atoms with van der Waals surface area (Å²) in [5, 5.41) is 5.37. The first kappa shape index (κ1) is 40.0. The Morgan fingerprint density at radius 2 is 1.07 bits per heavy atom. The van der Waals surface area contributed by atoms with Crippen molar-refractivity contribution in [2.75, 3.05) is 0 Å². The van der Waals surface area contributed by atoms with E-state index >= 15 is 0 Å². The molecular weight excluding hydrogens is 683 g/mol. The SMILES string of the molecule is Cc1cc2c(-c3ccccc3)ccc(C)c2[cH-]1.Cc1ccc(-c2cc3c(-c4ccccc4)cccc3[cH-]2)cc1.Cl.Cl.[CH3-].[CH3-].[Si]=[Zr]. The summed E-state index contributed by atoms with van der Waals surface area (Å²) in [7, 11) is 0. The van der Waals surface area contributed by atoms with Crippen molar-refractivity contribution in [3.05, 3.63) is 171 Å². The van der Waals surface area contributed by atoms with Gasteiger partial charge in [0.25, 0.3) is 0 Å². The quantitative estimate of drug-likeness (QED) is 0.126. The Labute approximate surface area is 299 Å². The van der Waals surface area contributed by atoms with Gasteiger partial charge in [0.2, 0.25) is 0 Å². The molecule has 0 aliphatic heterocycles. The van der Waals surface area contributed by atoms with Gasteiger partial charge in [-0.2, -0.15) is 6.07 Å². The number of fused-ring (bicyclic) bond motifs is 2. The minimum absolute atomic E-state index is 0. The fourth-order valence-electron chi connectivity index (χ4n) is 5.48. The first-order valence-electron chi connectivity index (χ1n) is 13.9. The maximum atomic E-state index is 3.06. The molecule has 7 rings (SSSR count). The van der Waals surface area contributed by atoms with E-state index in [1.165, 1.54) is 95.0 Å². The third-order valence-corrected chi connectivity index (χ3v) is 7.55. The Morgan fingerprint density at radius 1 is 0.511 bits per heavy atom. The summed E-state index contributed by atoms with van der Waals surface area (Å²) in [6.07, 6.45) is 0. The van der Waals surface area contributed by atoms with E-state index in [0.29, 0.717) is 0 Å². The van der Waals surface area contributed by atoms with E-state index in [1.54, 1.807) is 0 Å². The van der Waals surface area contributed by atoms with Crippen molar-refractivity contribution in [1.29, 1.82) is 0 Å². The Bertz CT molecular complexity index is 1890. The van der Waals surface area contributed by atoms with Crippen molar-refractivity contribution < 1.29 is 23.3 Å². The molecule has 0 aromatic heterocycles. The van der Waals surface area contributed by atoms with E-state index in [9.17, 15) is 0 Å². The molecule has 0 unspecified atom stereocenters. The summed E-state index contributed by atoms with van der Waals surface area (Å²) in [5.74, 6) is 0. The van der Waals surface area contributed by atoms with Crippen LogP contribution < -0.4 is 0 Å². The van der Waals surface area contributed by atoms with Gasteiger partial charge < -0.3 is 14.9 Å². The molecule has 2 radical (unpaired) electrons. The van der Waals surface area contributed by atoms with Crippen LogP contribution in [0.4, 0.5) is 0 Å². The Kier molecular flexibility index (Phi) is 16.8. The van der Waals surface area contributed by atoms with Gasteiger partial charge in [-0.1, -0.05) is 139 Å². The van der Waals surface area contributed by atoms with Gasteiger partial charge in [0.15, 0.2) is 0 Å². The van der Waals surface area contributed by atoms with Crippen molar-refractivity contribution in [2.45, 2.75) is 20.8 Å². The van der Waals surface area contributed by atoms with Crippen LogP contribution in [0.5, 0.6) is 0 Å². The zero-order chi connectivity index (χ0) is 28.8. The summed E-state index contributed by atoms with van der Waals surface area (Å²) in [6, 6.07) is 50.1. The first-order valence-corrected chi connectivity index (χ1v) is 18.0. The number of hydrogen-bond donors (Lipinski definition) is 0. The molecule has 0 saturated heterocycles. The van der Waals surface area contributed by atoms with E-state index in [1.807, 2.05) is 0 Å². The number of benzene rings is 5. The van der Waals surface area contributed by atoms with Gasteiger partial charge in [0, 0.05) is 0 Å². The summed E-state index contributed by atoms with van der Waals surface area (Å²) in [5.41, 5.74) is 11.8. The van der Waals surface area contributed by atoms with E-state index in [2.05, 4.69) is 167 Å². The van der Waals surface area contributed by atoms with Crippen LogP contribution in [0.1, 0.15) is 16.7 Å². The van der Waals surface area contributed by atoms with E-state index in [0.717, 1.165) is 0 Å². The number of halogens is 2. The average molecular weight is 723 g/mol. The summed E-state index contributed by atoms with van der Waals surface area (Å²) in [6.45, 7) is 9.52. The molecule has 0 saturated carbocycles. The summed E-state index contributed by atoms with van der Waals surface area (Å²) >= 11 is 1.36. The second-order valence-corrected chi connectivity index (χ2v) is 10.4. The zero-order valence-corrected chi connectivity index (χ0v) is 31.7. The molecule has 0 spiro atoms. The predicted molar refractivity (Wildman–Crippen MR) is 203 cm³/mol. The van der Waals surface area contributed by atoms with Crippen LogP contribution in [-0.4, -0.2) is 6.88 Å². The van der Waals surface area contributed by atoms with Gasteiger partial charge in [0.1, 0.15) is 0 Å². The normalized spacial score (nSPS) is 9.56. The first-order chi connectivity index (χ1) is 20.1. The van der Waals surface area contributed by atoms with E-state index in [-0.39, 0.29) is 39.7 Å². The fraction of sp³-hybridized carbons (Fsp3) is 0.0732. The Hall–Kier alpha value is -3.00. The van der Waals surface area contributed by atoms with Crippen LogP contribution in [0.15, 0.2) is 140 Å². The van der Waals surface area contributed by atoms with Crippen LogP contribution in [0.3, 0.4) is 0 Å². The van der Waals surface area contributed by atoms with Crippen molar-refractivity contribution >= 4 is 53.2 Å². The van der Waals surface area contributed by atoms with Crippen LogP contribution in [0, 0.1) is 35.6 Å². The molecule has 0 atom stereocenters. The van der Waals surface area contributed by atoms with Crippen molar-refractivity contribution in [1.82, 2.24) is 0 Å². The fourth-order valence-corrected chi connectivity index (χ4v) is 5.48. The minimum atomic E-state index is 0. The van der Waals surface area contributed by atoms with E-state index in [4.69, 9.17) is 0 Å². The molecule has 7 aromatic carbocycles. The topological polar surface area (TPSA) is 0 Å². The monoisotopic (exact) mass is 720 g/mol. The van der Waals surface area contributed by atoms with Crippen LogP contribution >= 0.6 is 24.8 Å². The standard InChI is InChI=1S/C22H17.C17H15.2CH3.2ClH.Si.Zr/c1-16-10-12-17(13-11-16)20-14-19-8-5-9-21(22(19)15-20)18-6-3-2-4-7-18;1-12-10-16-13(2)8-9-15(17(16)11-12)14-6-4-3-5-7-14;;;;;;/h2-15H,1H3;3-11H,1-2H3;2*1H3;2*1H;;/q4*-1;;;;. The zero-order valence-electron chi connectivity index (χ0n) is 26.6. The molecule has 0 nitrogen and oxygen atoms in total. The van der Waals surface area contributed by atoms with Crippen molar-refractivity contribution in [3.63, 3.8) is 0 Å². The van der Waals surface area contributed by atoms with E-state index < -0.39 is 0 Å². The van der Waals surface area contributed by atoms with Crippen LogP contribution in [-0.2, 0) is 23.3 Å². The van der Waals surface area contributed by atoms with Gasteiger partial charge >= 0.3 is 30.2 Å². The average Bonchev–Trinajstić information content (AvgIpc) is 3.64. The molecule has 4 heteroatoms. The predicted octanol–water partition coefficient (Wildman–Crippen LogP) is 12.4. The molecular formula is C41H40Cl2SiZr-4. The molecule has 0 amide bonds. The number of rotatable bonds is 3. The molecule has 0 heterocycles. The van der Waals surface area contributed by atoms with Gasteiger partial charge in [0.05, 0.1) is 0 Å². The molecule has 230 valence electrons. The second-order valence-electron chi connectivity index (χ2n) is 10.4. The molecule has 0 bridgehead atoms. The summed E-state index contributed by atoms with van der Waals surface area (Å²) in [4.78, 5) is 0. The van der Waals surface area contributed by atoms with Gasteiger partial charge in [-0.05, 0) is 18.1 Å². The van der Waals surface area contributed by atoms with Gasteiger partial charge in [-0.3, -0.25) is 0 Å². The molecule has 0 fully saturated rings. The van der Waals surface area contributed by atoms with Crippen LogP contribution in [0.2, 0.25) is 0 Å². The molecule has 0 N–H and O–H groups in total. The van der Waals surface area contributed by atoms with Gasteiger partial charge in [-0.15, -0.1) is 93.4 Å². The molecule has 0 aliphatic carbocycles. The van der Waals surface area contributed by atoms with Crippen LogP contribution in [0.25, 0.3) is 54.9 Å². The van der Waals surface area contributed by atoms with Crippen molar-refractivity contribution in [2.24, 2.45) is 0 Å². The summed E-state index contributed by atoms with van der Waals surface area (Å²) < 4.78 is 0. The maximum absolute atomic E-state index is 3.06. The number of aryl methyl sites for hydroxylation is 3. The number of hydrogen-bond acceptors (Lipinski definition) is 0. The molecule has 7 aromatic rings. The second kappa shape index (κ2) is 18.8. The molecule has 45 heavy (non-hydrogen) atoms. The molecule has 0 aliphatic rings. The third-order valence-electron chi connectivity index (χ3n) is 7.55.